The highest BCUT2D eigenvalue weighted by Gasteiger charge is 1.91. The molecule has 0 spiro atoms. The van der Waals surface area contributed by atoms with Crippen LogP contribution in [0.2, 0.25) is 0 Å². The summed E-state index contributed by atoms with van der Waals surface area (Å²) < 4.78 is 0. The van der Waals surface area contributed by atoms with Crippen LogP contribution in [0.4, 0.5) is 0 Å². The van der Waals surface area contributed by atoms with Crippen molar-refractivity contribution in [1.82, 2.24) is 0 Å². The van der Waals surface area contributed by atoms with E-state index in [1.165, 1.54) is 64.2 Å². The van der Waals surface area contributed by atoms with Gasteiger partial charge in [-0.3, -0.25) is 0 Å². The van der Waals surface area contributed by atoms with Gasteiger partial charge in [-0.15, -0.1) is 0 Å². The minimum Gasteiger partial charge on any atom is -0.0917 e. The van der Waals surface area contributed by atoms with Gasteiger partial charge in [0.1, 0.15) is 0 Å². The molecular weight excluding hydrogens is 180 g/mol. The van der Waals surface area contributed by atoms with E-state index in [-0.39, 0.29) is 0 Å². The molecule has 1 radical (unpaired) electrons. The zero-order valence-electron chi connectivity index (χ0n) is 10.8. The fourth-order valence-corrected chi connectivity index (χ4v) is 1.75. The van der Waals surface area contributed by atoms with Crippen LogP contribution in [0.15, 0.2) is 12.2 Å². The van der Waals surface area contributed by atoms with Gasteiger partial charge in [0.15, 0.2) is 0 Å². The Bertz CT molecular complexity index is 124. The molecule has 0 amide bonds. The Morgan fingerprint density at radius 1 is 0.733 bits per heavy atom. The molecule has 0 aliphatic rings. The Kier molecular flexibility index (Phi) is 13.5. The molecule has 0 nitrogen and oxygen atoms in total. The van der Waals surface area contributed by atoms with Crippen LogP contribution >= 0.6 is 0 Å². The number of rotatable bonds is 11. The lowest BCUT2D eigenvalue weighted by atomic mass is 10.1. The molecule has 0 aliphatic heterocycles. The average Bonchev–Trinajstić information content (AvgIpc) is 2.26. The molecule has 0 aliphatic carbocycles. The lowest BCUT2D eigenvalue weighted by Crippen LogP contribution is -1.82. The van der Waals surface area contributed by atoms with E-state index >= 15 is 0 Å². The third-order valence-corrected chi connectivity index (χ3v) is 2.78. The van der Waals surface area contributed by atoms with Gasteiger partial charge >= 0.3 is 0 Å². The van der Waals surface area contributed by atoms with Gasteiger partial charge in [-0.25, -0.2) is 0 Å². The number of unbranched alkanes of at least 4 members (excludes halogenated alkanes) is 10. The third kappa shape index (κ3) is 13.7. The molecule has 15 heavy (non-hydrogen) atoms. The summed E-state index contributed by atoms with van der Waals surface area (Å²) in [4.78, 5) is 0. The Balaban J connectivity index is 2.86. The van der Waals surface area contributed by atoms with E-state index in [2.05, 4.69) is 32.4 Å². The van der Waals surface area contributed by atoms with Crippen LogP contribution in [0.5, 0.6) is 0 Å². The van der Waals surface area contributed by atoms with Crippen molar-refractivity contribution in [2.45, 2.75) is 78.1 Å². The van der Waals surface area contributed by atoms with Crippen molar-refractivity contribution in [2.75, 3.05) is 0 Å². The smallest absolute Gasteiger partial charge is 0.0351 e. The second kappa shape index (κ2) is 13.7. The van der Waals surface area contributed by atoms with Gasteiger partial charge in [0.05, 0.1) is 0 Å². The molecular formula is C15H29. The van der Waals surface area contributed by atoms with Crippen LogP contribution in [0, 0.1) is 6.42 Å². The summed E-state index contributed by atoms with van der Waals surface area (Å²) in [5, 5.41) is 0. The van der Waals surface area contributed by atoms with E-state index in [0.29, 0.717) is 0 Å². The number of hydrogen-bond acceptors (Lipinski definition) is 0. The van der Waals surface area contributed by atoms with Crippen LogP contribution in [0.25, 0.3) is 0 Å². The van der Waals surface area contributed by atoms with Gasteiger partial charge in [0.2, 0.25) is 0 Å². The van der Waals surface area contributed by atoms with Gasteiger partial charge in [-0.2, -0.15) is 0 Å². The normalized spacial score (nSPS) is 11.3. The van der Waals surface area contributed by atoms with Crippen LogP contribution in [-0.4, -0.2) is 0 Å². The second-order valence-electron chi connectivity index (χ2n) is 4.35. The van der Waals surface area contributed by atoms with Crippen molar-refractivity contribution >= 4 is 0 Å². The van der Waals surface area contributed by atoms with Crippen molar-refractivity contribution in [3.05, 3.63) is 18.6 Å². The minimum atomic E-state index is 1.26. The molecule has 0 unspecified atom stereocenters. The zero-order valence-corrected chi connectivity index (χ0v) is 10.8. The molecule has 0 rings (SSSR count). The van der Waals surface area contributed by atoms with Crippen molar-refractivity contribution in [3.8, 4) is 0 Å². The molecule has 0 aromatic carbocycles. The van der Waals surface area contributed by atoms with Crippen LogP contribution in [0.3, 0.4) is 0 Å². The summed E-state index contributed by atoms with van der Waals surface area (Å²) in [6.07, 6.45) is 20.6. The Hall–Kier alpha value is -0.260. The van der Waals surface area contributed by atoms with Gasteiger partial charge in [-0.1, -0.05) is 70.4 Å². The highest BCUT2D eigenvalue weighted by Crippen LogP contribution is 2.10. The number of allylic oxidation sites excluding steroid dienone is 2. The van der Waals surface area contributed by atoms with Gasteiger partial charge in [0.25, 0.3) is 0 Å². The number of hydrogen-bond donors (Lipinski definition) is 0. The molecule has 0 N–H and O–H groups in total. The predicted molar refractivity (Wildman–Crippen MR) is 71.0 cm³/mol. The standard InChI is InChI=1S/C15H29/c1-3-5-7-9-11-13-15-14-12-10-8-6-4-2/h3,5,15H,4,6-14H2,1-2H3. The molecule has 0 bridgehead atoms. The third-order valence-electron chi connectivity index (χ3n) is 2.78. The highest BCUT2D eigenvalue weighted by atomic mass is 14.0. The predicted octanol–water partition coefficient (Wildman–Crippen LogP) is 5.69. The van der Waals surface area contributed by atoms with E-state index in [9.17, 15) is 0 Å². The molecule has 89 valence electrons. The van der Waals surface area contributed by atoms with E-state index in [0.717, 1.165) is 0 Å². The first kappa shape index (κ1) is 14.7. The largest absolute Gasteiger partial charge is 0.0917 e. The van der Waals surface area contributed by atoms with Gasteiger partial charge in [-0.05, 0) is 26.2 Å². The maximum Gasteiger partial charge on any atom is -0.0351 e. The van der Waals surface area contributed by atoms with Crippen molar-refractivity contribution in [1.29, 1.82) is 0 Å². The maximum atomic E-state index is 2.49. The molecule has 0 saturated heterocycles. The summed E-state index contributed by atoms with van der Waals surface area (Å²) in [5.74, 6) is 0. The highest BCUT2D eigenvalue weighted by molar-refractivity contribution is 4.76. The zero-order chi connectivity index (χ0) is 11.2. The van der Waals surface area contributed by atoms with E-state index in [1.807, 2.05) is 0 Å². The Labute approximate surface area is 97.2 Å². The molecule has 0 fully saturated rings. The fraction of sp³-hybridized carbons (Fsp3) is 0.800. The maximum absolute atomic E-state index is 2.49. The Morgan fingerprint density at radius 3 is 2.00 bits per heavy atom. The summed E-state index contributed by atoms with van der Waals surface area (Å²) in [7, 11) is 0. The van der Waals surface area contributed by atoms with Crippen LogP contribution < -0.4 is 0 Å². The van der Waals surface area contributed by atoms with Crippen molar-refractivity contribution in [3.63, 3.8) is 0 Å². The van der Waals surface area contributed by atoms with E-state index < -0.39 is 0 Å². The molecule has 0 heterocycles. The second-order valence-corrected chi connectivity index (χ2v) is 4.35. The van der Waals surface area contributed by atoms with E-state index in [4.69, 9.17) is 0 Å². The quantitative estimate of drug-likeness (QED) is 0.303. The first-order valence-corrected chi connectivity index (χ1v) is 6.84. The molecule has 0 heteroatoms. The average molecular weight is 209 g/mol. The van der Waals surface area contributed by atoms with Crippen LogP contribution in [0.1, 0.15) is 78.1 Å². The summed E-state index contributed by atoms with van der Waals surface area (Å²) >= 11 is 0. The van der Waals surface area contributed by atoms with Crippen molar-refractivity contribution in [2.24, 2.45) is 0 Å². The monoisotopic (exact) mass is 209 g/mol. The van der Waals surface area contributed by atoms with Crippen molar-refractivity contribution < 1.29 is 0 Å². The molecule has 0 saturated carbocycles. The first-order chi connectivity index (χ1) is 7.41. The molecule has 0 aromatic heterocycles. The summed E-state index contributed by atoms with van der Waals surface area (Å²) in [6, 6.07) is 0. The SMILES string of the molecule is CC=CCCCC[CH]CCCCCCC. The lowest BCUT2D eigenvalue weighted by Gasteiger charge is -2.00. The summed E-state index contributed by atoms with van der Waals surface area (Å²) in [6.45, 7) is 4.37. The molecule has 0 aromatic rings. The Morgan fingerprint density at radius 2 is 1.33 bits per heavy atom. The van der Waals surface area contributed by atoms with Crippen LogP contribution in [-0.2, 0) is 0 Å². The lowest BCUT2D eigenvalue weighted by molar-refractivity contribution is 0.614. The molecule has 0 atom stereocenters. The van der Waals surface area contributed by atoms with Gasteiger partial charge in [0, 0.05) is 0 Å². The minimum absolute atomic E-state index is 1.26. The first-order valence-electron chi connectivity index (χ1n) is 6.84. The topological polar surface area (TPSA) is 0 Å². The van der Waals surface area contributed by atoms with Gasteiger partial charge < -0.3 is 0 Å². The van der Waals surface area contributed by atoms with E-state index in [1.54, 1.807) is 0 Å². The fourth-order valence-electron chi connectivity index (χ4n) is 1.75. The summed E-state index contributed by atoms with van der Waals surface area (Å²) in [5.41, 5.74) is 0.